The summed E-state index contributed by atoms with van der Waals surface area (Å²) in [6.45, 7) is 2.00. The number of thioether (sulfide) groups is 1. The van der Waals surface area contributed by atoms with Crippen molar-refractivity contribution >= 4 is 57.8 Å². The molecular formula is C27H23ClFN3O4S. The van der Waals surface area contributed by atoms with Crippen molar-refractivity contribution in [1.29, 1.82) is 0 Å². The molecule has 2 amide bonds. The molecule has 0 bridgehead atoms. The van der Waals surface area contributed by atoms with Gasteiger partial charge in [-0.15, -0.1) is 0 Å². The van der Waals surface area contributed by atoms with Crippen LogP contribution in [0.4, 0.5) is 15.8 Å². The van der Waals surface area contributed by atoms with Gasteiger partial charge in [0.1, 0.15) is 5.82 Å². The number of benzene rings is 3. The lowest BCUT2D eigenvalue weighted by molar-refractivity contribution is -0.122. The minimum absolute atomic E-state index is 0.207. The summed E-state index contributed by atoms with van der Waals surface area (Å²) in [5.41, 5.74) is 1.80. The van der Waals surface area contributed by atoms with Gasteiger partial charge in [0.05, 0.1) is 22.7 Å². The van der Waals surface area contributed by atoms with Gasteiger partial charge in [0.25, 0.3) is 11.8 Å². The summed E-state index contributed by atoms with van der Waals surface area (Å²) < 4.78 is 24.3. The fourth-order valence-corrected chi connectivity index (χ4v) is 4.80. The summed E-state index contributed by atoms with van der Waals surface area (Å²) in [6, 6.07) is 18.0. The Morgan fingerprint density at radius 1 is 1.16 bits per heavy atom. The van der Waals surface area contributed by atoms with E-state index in [4.69, 9.17) is 21.1 Å². The van der Waals surface area contributed by atoms with E-state index in [9.17, 15) is 14.0 Å². The molecule has 1 aliphatic rings. The highest BCUT2D eigenvalue weighted by atomic mass is 35.5. The van der Waals surface area contributed by atoms with E-state index >= 15 is 0 Å². The number of nitrogens with zero attached hydrogens (tertiary/aromatic N) is 2. The number of halogens is 2. The number of likely N-dealkylation sites (N-methyl/N-ethyl adjacent to an activating group) is 1. The van der Waals surface area contributed by atoms with E-state index in [1.165, 1.54) is 31.0 Å². The standard InChI is InChI=1S/C27H23ClFN3O4S/c1-3-32-26(34)23(37-27(32)31-20-11-9-18(29)10-12-20)15-17-13-21(28)25(22(14-17)35-2)36-16-24(33)30-19-7-5-4-6-8-19/h4-15H,3,16H2,1-2H3,(H,30,33)/b23-15+,31-27?. The monoisotopic (exact) mass is 539 g/mol. The van der Waals surface area contributed by atoms with Crippen LogP contribution in [0.3, 0.4) is 0 Å². The van der Waals surface area contributed by atoms with Gasteiger partial charge in [0.15, 0.2) is 23.3 Å². The third-order valence-corrected chi connectivity index (χ3v) is 6.50. The molecule has 0 spiro atoms. The molecule has 0 aromatic heterocycles. The van der Waals surface area contributed by atoms with E-state index in [-0.39, 0.29) is 35.0 Å². The molecule has 1 heterocycles. The number of amides is 2. The van der Waals surface area contributed by atoms with Gasteiger partial charge in [-0.2, -0.15) is 0 Å². The van der Waals surface area contributed by atoms with Crippen LogP contribution in [-0.2, 0) is 9.59 Å². The first kappa shape index (κ1) is 26.2. The summed E-state index contributed by atoms with van der Waals surface area (Å²) in [6.07, 6.45) is 1.68. The molecule has 0 atom stereocenters. The fraction of sp³-hybridized carbons (Fsp3) is 0.148. The highest BCUT2D eigenvalue weighted by molar-refractivity contribution is 8.18. The third-order valence-electron chi connectivity index (χ3n) is 5.21. The maximum absolute atomic E-state index is 13.2. The predicted molar refractivity (Wildman–Crippen MR) is 145 cm³/mol. The zero-order valence-corrected chi connectivity index (χ0v) is 21.6. The highest BCUT2D eigenvalue weighted by Gasteiger charge is 2.32. The number of methoxy groups -OCH3 is 1. The average Bonchev–Trinajstić information content (AvgIpc) is 3.18. The lowest BCUT2D eigenvalue weighted by Gasteiger charge is -2.13. The lowest BCUT2D eigenvalue weighted by Crippen LogP contribution is -2.28. The average molecular weight is 540 g/mol. The molecule has 1 saturated heterocycles. The highest BCUT2D eigenvalue weighted by Crippen LogP contribution is 2.39. The Balaban J connectivity index is 1.52. The van der Waals surface area contributed by atoms with E-state index in [2.05, 4.69) is 10.3 Å². The van der Waals surface area contributed by atoms with Crippen LogP contribution < -0.4 is 14.8 Å². The molecule has 0 saturated carbocycles. The Kier molecular flexibility index (Phi) is 8.47. The molecule has 1 fully saturated rings. The number of aliphatic imine (C=N–C) groups is 1. The molecule has 3 aromatic rings. The molecule has 1 N–H and O–H groups in total. The second-order valence-electron chi connectivity index (χ2n) is 7.77. The molecule has 1 aliphatic heterocycles. The molecule has 3 aromatic carbocycles. The summed E-state index contributed by atoms with van der Waals surface area (Å²) in [4.78, 5) is 31.7. The Morgan fingerprint density at radius 2 is 1.89 bits per heavy atom. The maximum Gasteiger partial charge on any atom is 0.266 e. The van der Waals surface area contributed by atoms with Crippen LogP contribution in [0, 0.1) is 5.82 Å². The Morgan fingerprint density at radius 3 is 2.57 bits per heavy atom. The van der Waals surface area contributed by atoms with Gasteiger partial charge in [-0.1, -0.05) is 29.8 Å². The van der Waals surface area contributed by atoms with Crippen molar-refractivity contribution in [3.63, 3.8) is 0 Å². The first-order valence-electron chi connectivity index (χ1n) is 11.3. The molecule has 0 unspecified atom stereocenters. The van der Waals surface area contributed by atoms with Crippen LogP contribution >= 0.6 is 23.4 Å². The van der Waals surface area contributed by atoms with Gasteiger partial charge >= 0.3 is 0 Å². The van der Waals surface area contributed by atoms with Gasteiger partial charge in [0, 0.05) is 12.2 Å². The Bertz CT molecular complexity index is 1360. The number of carbonyl (C=O) groups excluding carboxylic acids is 2. The Labute approximate surface area is 222 Å². The van der Waals surface area contributed by atoms with Crippen LogP contribution in [0.1, 0.15) is 12.5 Å². The molecule has 10 heteroatoms. The molecule has 0 radical (unpaired) electrons. The number of hydrogen-bond acceptors (Lipinski definition) is 6. The van der Waals surface area contributed by atoms with Crippen molar-refractivity contribution in [2.75, 3.05) is 25.6 Å². The topological polar surface area (TPSA) is 80.2 Å². The smallest absolute Gasteiger partial charge is 0.266 e. The number of ether oxygens (including phenoxy) is 2. The first-order valence-corrected chi connectivity index (χ1v) is 12.5. The van der Waals surface area contributed by atoms with E-state index in [1.807, 2.05) is 25.1 Å². The number of hydrogen-bond donors (Lipinski definition) is 1. The van der Waals surface area contributed by atoms with Crippen molar-refractivity contribution in [2.45, 2.75) is 6.92 Å². The lowest BCUT2D eigenvalue weighted by atomic mass is 10.1. The summed E-state index contributed by atoms with van der Waals surface area (Å²) in [5.74, 6) is -0.386. The second kappa shape index (κ2) is 11.9. The number of nitrogens with one attached hydrogen (secondary N) is 1. The van der Waals surface area contributed by atoms with E-state index in [0.29, 0.717) is 39.3 Å². The molecule has 190 valence electrons. The van der Waals surface area contributed by atoms with Crippen LogP contribution in [0.15, 0.2) is 76.6 Å². The number of para-hydroxylation sites is 1. The molecule has 4 rings (SSSR count). The van der Waals surface area contributed by atoms with E-state index in [0.717, 1.165) is 0 Å². The van der Waals surface area contributed by atoms with Gasteiger partial charge in [0.2, 0.25) is 0 Å². The number of anilines is 1. The van der Waals surface area contributed by atoms with Crippen molar-refractivity contribution in [1.82, 2.24) is 4.90 Å². The van der Waals surface area contributed by atoms with Crippen LogP contribution in [0.5, 0.6) is 11.5 Å². The number of rotatable bonds is 8. The fourth-order valence-electron chi connectivity index (χ4n) is 3.47. The Hall–Kier alpha value is -3.82. The van der Waals surface area contributed by atoms with Crippen molar-refractivity contribution < 1.29 is 23.5 Å². The largest absolute Gasteiger partial charge is 0.493 e. The first-order chi connectivity index (χ1) is 17.9. The number of carbonyl (C=O) groups is 2. The normalized spacial score (nSPS) is 15.4. The van der Waals surface area contributed by atoms with E-state index in [1.54, 1.807) is 47.4 Å². The SMILES string of the molecule is CCN1C(=O)/C(=C\c2cc(Cl)c(OCC(=O)Nc3ccccc3)c(OC)c2)SC1=Nc1ccc(F)cc1. The zero-order chi connectivity index (χ0) is 26.4. The van der Waals surface area contributed by atoms with Gasteiger partial charge in [-0.05, 0) is 78.9 Å². The third kappa shape index (κ3) is 6.49. The van der Waals surface area contributed by atoms with Crippen LogP contribution in [-0.4, -0.2) is 42.1 Å². The van der Waals surface area contributed by atoms with E-state index < -0.39 is 0 Å². The van der Waals surface area contributed by atoms with Gasteiger partial charge in [-0.3, -0.25) is 14.5 Å². The summed E-state index contributed by atoms with van der Waals surface area (Å²) in [5, 5.41) is 3.45. The molecule has 7 nitrogen and oxygen atoms in total. The minimum Gasteiger partial charge on any atom is -0.493 e. The number of amidine groups is 1. The quantitative estimate of drug-likeness (QED) is 0.348. The van der Waals surface area contributed by atoms with Crippen molar-refractivity contribution in [3.05, 3.63) is 88.0 Å². The minimum atomic E-state index is -0.359. The van der Waals surface area contributed by atoms with Crippen LogP contribution in [0.25, 0.3) is 6.08 Å². The van der Waals surface area contributed by atoms with Crippen molar-refractivity contribution in [3.8, 4) is 11.5 Å². The summed E-state index contributed by atoms with van der Waals surface area (Å²) in [7, 11) is 1.46. The van der Waals surface area contributed by atoms with Crippen LogP contribution in [0.2, 0.25) is 5.02 Å². The maximum atomic E-state index is 13.2. The molecule has 37 heavy (non-hydrogen) atoms. The zero-order valence-electron chi connectivity index (χ0n) is 20.0. The van der Waals surface area contributed by atoms with Gasteiger partial charge < -0.3 is 14.8 Å². The molecular weight excluding hydrogens is 517 g/mol. The second-order valence-corrected chi connectivity index (χ2v) is 9.18. The van der Waals surface area contributed by atoms with Gasteiger partial charge in [-0.25, -0.2) is 9.38 Å². The summed E-state index contributed by atoms with van der Waals surface area (Å²) >= 11 is 7.67. The van der Waals surface area contributed by atoms with Crippen molar-refractivity contribution in [2.24, 2.45) is 4.99 Å². The molecule has 0 aliphatic carbocycles. The predicted octanol–water partition coefficient (Wildman–Crippen LogP) is 6.13.